The molecule has 1 heterocycles. The molecule has 1 aromatic carbocycles. The first-order valence-electron chi connectivity index (χ1n) is 6.16. The maximum absolute atomic E-state index is 13.3. The summed E-state index contributed by atoms with van der Waals surface area (Å²) < 4.78 is 36.4. The highest BCUT2D eigenvalue weighted by molar-refractivity contribution is 5.91. The minimum atomic E-state index is -0.817. The van der Waals surface area contributed by atoms with Gasteiger partial charge in [-0.05, 0) is 24.3 Å². The second-order valence-corrected chi connectivity index (χ2v) is 4.11. The summed E-state index contributed by atoms with van der Waals surface area (Å²) in [6.45, 7) is -0.158. The summed E-state index contributed by atoms with van der Waals surface area (Å²) in [7, 11) is 0. The van der Waals surface area contributed by atoms with Crippen LogP contribution in [-0.4, -0.2) is 24.2 Å². The van der Waals surface area contributed by atoms with Crippen molar-refractivity contribution in [2.75, 3.05) is 13.2 Å². The number of furan rings is 1. The van der Waals surface area contributed by atoms with Crippen molar-refractivity contribution in [1.82, 2.24) is 5.32 Å². The van der Waals surface area contributed by atoms with Crippen LogP contribution in [0.1, 0.15) is 16.3 Å². The third-order valence-electron chi connectivity index (χ3n) is 2.55. The fraction of sp³-hybridized carbons (Fsp3) is 0.214. The summed E-state index contributed by atoms with van der Waals surface area (Å²) in [5.41, 5.74) is 0. The Hall–Kier alpha value is -2.41. The van der Waals surface area contributed by atoms with E-state index >= 15 is 0 Å². The Labute approximate surface area is 119 Å². The van der Waals surface area contributed by atoms with Crippen molar-refractivity contribution in [1.29, 1.82) is 0 Å². The number of nitrogens with one attached hydrogen (secondary N) is 1. The summed E-state index contributed by atoms with van der Waals surface area (Å²) in [5.74, 6) is -1.72. The number of carbonyl (C=O) groups excluding carboxylic acids is 1. The van der Waals surface area contributed by atoms with Crippen LogP contribution in [0.2, 0.25) is 0 Å². The van der Waals surface area contributed by atoms with Crippen LogP contribution in [0.15, 0.2) is 34.7 Å². The molecule has 0 spiro atoms. The van der Waals surface area contributed by atoms with E-state index in [1.54, 1.807) is 0 Å². The van der Waals surface area contributed by atoms with Crippen LogP contribution in [-0.2, 0) is 6.61 Å². The average molecular weight is 297 g/mol. The quantitative estimate of drug-likeness (QED) is 0.853. The lowest BCUT2D eigenvalue weighted by Gasteiger charge is -2.05. The Morgan fingerprint density at radius 1 is 1.29 bits per heavy atom. The van der Waals surface area contributed by atoms with Gasteiger partial charge < -0.3 is 19.6 Å². The molecule has 0 unspecified atom stereocenters. The summed E-state index contributed by atoms with van der Waals surface area (Å²) >= 11 is 0. The second kappa shape index (κ2) is 6.85. The molecular formula is C14H13F2NO4. The van der Waals surface area contributed by atoms with Crippen molar-refractivity contribution < 1.29 is 27.8 Å². The van der Waals surface area contributed by atoms with E-state index in [-0.39, 0.29) is 31.3 Å². The number of aliphatic hydroxyl groups excluding tert-OH is 1. The zero-order valence-electron chi connectivity index (χ0n) is 10.9. The van der Waals surface area contributed by atoms with Crippen LogP contribution < -0.4 is 10.1 Å². The van der Waals surface area contributed by atoms with Gasteiger partial charge in [0, 0.05) is 12.6 Å². The zero-order chi connectivity index (χ0) is 15.2. The molecular weight excluding hydrogens is 284 g/mol. The molecule has 21 heavy (non-hydrogen) atoms. The van der Waals surface area contributed by atoms with Gasteiger partial charge in [0.25, 0.3) is 5.91 Å². The van der Waals surface area contributed by atoms with Crippen LogP contribution in [0.3, 0.4) is 0 Å². The van der Waals surface area contributed by atoms with Gasteiger partial charge in [-0.3, -0.25) is 4.79 Å². The molecule has 0 atom stereocenters. The van der Waals surface area contributed by atoms with E-state index in [0.717, 1.165) is 6.07 Å². The van der Waals surface area contributed by atoms with E-state index < -0.39 is 17.5 Å². The maximum Gasteiger partial charge on any atom is 0.287 e. The lowest BCUT2D eigenvalue weighted by atomic mass is 10.3. The van der Waals surface area contributed by atoms with Gasteiger partial charge in [-0.2, -0.15) is 0 Å². The molecule has 0 aliphatic carbocycles. The standard InChI is InChI=1S/C14H13F2NO4/c15-9-1-3-12(11(16)7-9)20-8-10-2-4-13(21-10)14(19)17-5-6-18/h1-4,7,18H,5-6,8H2,(H,17,19). The normalized spacial score (nSPS) is 10.4. The number of rotatable bonds is 6. The average Bonchev–Trinajstić information content (AvgIpc) is 2.93. The Morgan fingerprint density at radius 3 is 2.81 bits per heavy atom. The van der Waals surface area contributed by atoms with Crippen LogP contribution in [0, 0.1) is 11.6 Å². The summed E-state index contributed by atoms with van der Waals surface area (Å²) in [6.07, 6.45) is 0. The Balaban J connectivity index is 1.95. The number of hydrogen-bond acceptors (Lipinski definition) is 4. The summed E-state index contributed by atoms with van der Waals surface area (Å²) in [6, 6.07) is 5.91. The number of aliphatic hydroxyl groups is 1. The van der Waals surface area contributed by atoms with Gasteiger partial charge in [-0.15, -0.1) is 0 Å². The SMILES string of the molecule is O=C(NCCO)c1ccc(COc2ccc(F)cc2F)o1. The Bertz CT molecular complexity index is 627. The Kier molecular flexibility index (Phi) is 4.89. The van der Waals surface area contributed by atoms with Gasteiger partial charge in [0.05, 0.1) is 6.61 Å². The number of carbonyl (C=O) groups is 1. The molecule has 1 amide bonds. The van der Waals surface area contributed by atoms with Gasteiger partial charge in [-0.1, -0.05) is 0 Å². The Morgan fingerprint density at radius 2 is 2.10 bits per heavy atom. The fourth-order valence-corrected chi connectivity index (χ4v) is 1.58. The van der Waals surface area contributed by atoms with Crippen molar-refractivity contribution in [2.45, 2.75) is 6.61 Å². The molecule has 0 fully saturated rings. The molecule has 0 saturated carbocycles. The molecule has 1 aromatic heterocycles. The molecule has 2 N–H and O–H groups in total. The van der Waals surface area contributed by atoms with Crippen LogP contribution >= 0.6 is 0 Å². The van der Waals surface area contributed by atoms with Crippen molar-refractivity contribution in [3.05, 3.63) is 53.5 Å². The largest absolute Gasteiger partial charge is 0.483 e. The van der Waals surface area contributed by atoms with E-state index in [0.29, 0.717) is 11.8 Å². The maximum atomic E-state index is 13.3. The second-order valence-electron chi connectivity index (χ2n) is 4.11. The van der Waals surface area contributed by atoms with E-state index in [1.807, 2.05) is 0 Å². The monoisotopic (exact) mass is 297 g/mol. The van der Waals surface area contributed by atoms with Gasteiger partial charge in [-0.25, -0.2) is 8.78 Å². The molecule has 112 valence electrons. The first-order valence-corrected chi connectivity index (χ1v) is 6.16. The minimum Gasteiger partial charge on any atom is -0.483 e. The number of amides is 1. The van der Waals surface area contributed by atoms with Crippen LogP contribution in [0.4, 0.5) is 8.78 Å². The highest BCUT2D eigenvalue weighted by Crippen LogP contribution is 2.19. The minimum absolute atomic E-state index is 0.0571. The number of benzene rings is 1. The van der Waals surface area contributed by atoms with E-state index in [2.05, 4.69) is 5.32 Å². The predicted molar refractivity (Wildman–Crippen MR) is 68.8 cm³/mol. The first-order chi connectivity index (χ1) is 10.1. The molecule has 0 bridgehead atoms. The van der Waals surface area contributed by atoms with E-state index in [9.17, 15) is 13.6 Å². The fourth-order valence-electron chi connectivity index (χ4n) is 1.58. The zero-order valence-corrected chi connectivity index (χ0v) is 10.9. The molecule has 5 nitrogen and oxygen atoms in total. The van der Waals surface area contributed by atoms with Gasteiger partial charge in [0.2, 0.25) is 0 Å². The van der Waals surface area contributed by atoms with E-state index in [4.69, 9.17) is 14.3 Å². The lowest BCUT2D eigenvalue weighted by molar-refractivity contribution is 0.0913. The molecule has 0 aliphatic rings. The van der Waals surface area contributed by atoms with Crippen molar-refractivity contribution >= 4 is 5.91 Å². The number of hydrogen-bond donors (Lipinski definition) is 2. The lowest BCUT2D eigenvalue weighted by Crippen LogP contribution is -2.25. The number of ether oxygens (including phenoxy) is 1. The van der Waals surface area contributed by atoms with Crippen molar-refractivity contribution in [2.24, 2.45) is 0 Å². The van der Waals surface area contributed by atoms with Crippen LogP contribution in [0.5, 0.6) is 5.75 Å². The summed E-state index contributed by atoms with van der Waals surface area (Å²) in [4.78, 5) is 11.5. The van der Waals surface area contributed by atoms with Gasteiger partial charge >= 0.3 is 0 Å². The third kappa shape index (κ3) is 4.03. The topological polar surface area (TPSA) is 71.7 Å². The molecule has 0 aliphatic heterocycles. The summed E-state index contributed by atoms with van der Waals surface area (Å²) in [5, 5.41) is 11.0. The molecule has 7 heteroatoms. The van der Waals surface area contributed by atoms with E-state index in [1.165, 1.54) is 18.2 Å². The smallest absolute Gasteiger partial charge is 0.287 e. The molecule has 2 aromatic rings. The van der Waals surface area contributed by atoms with Gasteiger partial charge in [0.1, 0.15) is 18.2 Å². The number of halogens is 2. The molecule has 0 saturated heterocycles. The highest BCUT2D eigenvalue weighted by Gasteiger charge is 2.11. The molecule has 0 radical (unpaired) electrons. The predicted octanol–water partition coefficient (Wildman–Crippen LogP) is 1.86. The van der Waals surface area contributed by atoms with Gasteiger partial charge in [0.15, 0.2) is 17.3 Å². The van der Waals surface area contributed by atoms with Crippen LogP contribution in [0.25, 0.3) is 0 Å². The first kappa shape index (κ1) is 15.0. The van der Waals surface area contributed by atoms with Crippen molar-refractivity contribution in [3.63, 3.8) is 0 Å². The molecule has 2 rings (SSSR count). The third-order valence-corrected chi connectivity index (χ3v) is 2.55. The van der Waals surface area contributed by atoms with Crippen molar-refractivity contribution in [3.8, 4) is 5.75 Å². The highest BCUT2D eigenvalue weighted by atomic mass is 19.1.